The standard InChI is InChI=1S/C42H42O18/c1-13-3-17-27(19-7-15(45)9-23(31(19)35(51)29(17)21(47)5-13)57-41-39(55)37(53)33(49)25(11-43)59-41)28-18-4-14(2)6-22(48)30(18)36(52)32-20(28)8-16(46)10-24(32)58-42-40(56)38(54)34(50)26(12-44)60-42/h3-10,25-28,33-34,37-50,53-56H,11-12H2,1-2H3/t25-,26-,27+,28+,33-,34-,37+,38+,39-,40-,41-,42-/m1/s1. The van der Waals surface area contributed by atoms with Gasteiger partial charge in [0.1, 0.15) is 83.3 Å². The van der Waals surface area contributed by atoms with Gasteiger partial charge in [-0.15, -0.1) is 0 Å². The molecule has 12 atom stereocenters. The lowest BCUT2D eigenvalue weighted by Crippen LogP contribution is -2.60. The van der Waals surface area contributed by atoms with Gasteiger partial charge in [0.2, 0.25) is 24.1 Å². The molecule has 2 heterocycles. The molecule has 0 unspecified atom stereocenters. The molecule has 4 aromatic carbocycles. The summed E-state index contributed by atoms with van der Waals surface area (Å²) in [5, 5.41) is 129. The highest BCUT2D eigenvalue weighted by Gasteiger charge is 2.50. The maximum absolute atomic E-state index is 14.7. The quantitative estimate of drug-likeness (QED) is 0.112. The minimum atomic E-state index is -1.93. The number of carbonyl (C=O) groups is 2. The number of aliphatic hydroxyl groups is 8. The third-order valence-corrected chi connectivity index (χ3v) is 11.6. The Kier molecular flexibility index (Phi) is 10.5. The van der Waals surface area contributed by atoms with Crippen LogP contribution in [0.4, 0.5) is 0 Å². The fourth-order valence-electron chi connectivity index (χ4n) is 8.86. The van der Waals surface area contributed by atoms with E-state index in [0.717, 1.165) is 12.1 Å². The number of aromatic hydroxyl groups is 4. The second-order valence-electron chi connectivity index (χ2n) is 15.6. The highest BCUT2D eigenvalue weighted by atomic mass is 16.7. The summed E-state index contributed by atoms with van der Waals surface area (Å²) in [7, 11) is 0. The summed E-state index contributed by atoms with van der Waals surface area (Å²) in [6.45, 7) is 1.69. The van der Waals surface area contributed by atoms with Crippen molar-refractivity contribution in [2.24, 2.45) is 0 Å². The van der Waals surface area contributed by atoms with Gasteiger partial charge in [-0.1, -0.05) is 12.1 Å². The summed E-state index contributed by atoms with van der Waals surface area (Å²) in [5.74, 6) is -6.84. The zero-order valence-electron chi connectivity index (χ0n) is 31.8. The van der Waals surface area contributed by atoms with Gasteiger partial charge in [-0.25, -0.2) is 0 Å². The summed E-state index contributed by atoms with van der Waals surface area (Å²) in [5.41, 5.74) is 0.308. The van der Waals surface area contributed by atoms with E-state index < -0.39 is 133 Å². The maximum Gasteiger partial charge on any atom is 0.229 e. The van der Waals surface area contributed by atoms with Gasteiger partial charge in [-0.2, -0.15) is 0 Å². The first kappa shape index (κ1) is 41.4. The first-order chi connectivity index (χ1) is 28.4. The Morgan fingerprint density at radius 2 is 0.833 bits per heavy atom. The number of hydrogen-bond acceptors (Lipinski definition) is 18. The molecular formula is C42H42O18. The third-order valence-electron chi connectivity index (χ3n) is 11.6. The SMILES string of the molecule is Cc1cc(O)c2c(c1)[C@H]([C@H]1c3cc(C)cc(O)c3C(=O)c3c(O[C@@H]4O[C@H](CO)[C@@H](O)[C@H](O)[C@H]4O)cc(O)cc31)c1cc(O)cc(O[C@@H]3O[C@H](CO)[C@@H](O)[C@H](O)[C@H]3O)c1C2=O. The van der Waals surface area contributed by atoms with Crippen LogP contribution < -0.4 is 9.47 Å². The van der Waals surface area contributed by atoms with E-state index in [1.165, 1.54) is 24.3 Å². The smallest absolute Gasteiger partial charge is 0.229 e. The molecule has 0 radical (unpaired) electrons. The molecule has 60 heavy (non-hydrogen) atoms. The number of hydrogen-bond donors (Lipinski definition) is 12. The lowest BCUT2D eigenvalue weighted by molar-refractivity contribution is -0.277. The molecule has 318 valence electrons. The molecule has 0 amide bonds. The Hall–Kier alpha value is -5.38. The zero-order valence-corrected chi connectivity index (χ0v) is 31.8. The van der Waals surface area contributed by atoms with E-state index in [9.17, 15) is 70.9 Å². The van der Waals surface area contributed by atoms with E-state index in [0.29, 0.717) is 11.1 Å². The van der Waals surface area contributed by atoms with Gasteiger partial charge in [0.15, 0.2) is 0 Å². The molecule has 0 aromatic heterocycles. The Labute approximate surface area is 339 Å². The van der Waals surface area contributed by atoms with Crippen molar-refractivity contribution in [1.82, 2.24) is 0 Å². The van der Waals surface area contributed by atoms with Gasteiger partial charge in [0.25, 0.3) is 0 Å². The van der Waals surface area contributed by atoms with Crippen LogP contribution in [0.25, 0.3) is 0 Å². The number of phenolic OH excluding ortho intramolecular Hbond substituents is 4. The number of rotatable bonds is 7. The molecule has 0 bridgehead atoms. The lowest BCUT2D eigenvalue weighted by Gasteiger charge is -2.41. The first-order valence-corrected chi connectivity index (χ1v) is 18.9. The molecule has 18 heteroatoms. The van der Waals surface area contributed by atoms with E-state index in [2.05, 4.69) is 0 Å². The van der Waals surface area contributed by atoms with Crippen LogP contribution in [0.5, 0.6) is 34.5 Å². The topological polar surface area (TPSA) is 314 Å². The van der Waals surface area contributed by atoms with Crippen molar-refractivity contribution in [3.8, 4) is 34.5 Å². The zero-order chi connectivity index (χ0) is 43.2. The number of phenols is 4. The Morgan fingerprint density at radius 1 is 0.483 bits per heavy atom. The Bertz CT molecular complexity index is 2230. The average Bonchev–Trinajstić information content (AvgIpc) is 3.18. The number of fused-ring (bicyclic) bond motifs is 4. The van der Waals surface area contributed by atoms with Crippen molar-refractivity contribution >= 4 is 11.6 Å². The van der Waals surface area contributed by atoms with Gasteiger partial charge < -0.3 is 80.2 Å². The molecule has 12 N–H and O–H groups in total. The van der Waals surface area contributed by atoms with Gasteiger partial charge >= 0.3 is 0 Å². The molecule has 2 fully saturated rings. The predicted octanol–water partition coefficient (Wildman–Crippen LogP) is -0.464. The van der Waals surface area contributed by atoms with Crippen molar-refractivity contribution < 1.29 is 89.8 Å². The molecule has 2 saturated heterocycles. The summed E-state index contributed by atoms with van der Waals surface area (Å²) < 4.78 is 23.1. The van der Waals surface area contributed by atoms with E-state index >= 15 is 0 Å². The van der Waals surface area contributed by atoms with E-state index in [1.807, 2.05) is 0 Å². The van der Waals surface area contributed by atoms with Crippen molar-refractivity contribution in [2.75, 3.05) is 13.2 Å². The number of aliphatic hydroxyl groups excluding tert-OH is 8. The predicted molar refractivity (Wildman–Crippen MR) is 201 cm³/mol. The maximum atomic E-state index is 14.7. The number of ether oxygens (including phenoxy) is 4. The van der Waals surface area contributed by atoms with Gasteiger partial charge in [-0.3, -0.25) is 9.59 Å². The van der Waals surface area contributed by atoms with E-state index in [1.54, 1.807) is 26.0 Å². The molecule has 8 rings (SSSR count). The summed E-state index contributed by atoms with van der Waals surface area (Å²) in [6, 6.07) is 10.4. The molecule has 0 saturated carbocycles. The molecule has 18 nitrogen and oxygen atoms in total. The second-order valence-corrected chi connectivity index (χ2v) is 15.6. The highest BCUT2D eigenvalue weighted by molar-refractivity contribution is 6.18. The lowest BCUT2D eigenvalue weighted by atomic mass is 9.63. The van der Waals surface area contributed by atoms with Crippen molar-refractivity contribution in [3.05, 3.63) is 104 Å². The van der Waals surface area contributed by atoms with Crippen LogP contribution in [0.2, 0.25) is 0 Å². The molecule has 0 spiro atoms. The minimum Gasteiger partial charge on any atom is -0.508 e. The fourth-order valence-corrected chi connectivity index (χ4v) is 8.86. The fraction of sp³-hybridized carbons (Fsp3) is 0.381. The van der Waals surface area contributed by atoms with Crippen LogP contribution in [0.1, 0.15) is 77.1 Å². The van der Waals surface area contributed by atoms with Crippen molar-refractivity contribution in [1.29, 1.82) is 0 Å². The summed E-state index contributed by atoms with van der Waals surface area (Å²) in [4.78, 5) is 29.3. The van der Waals surface area contributed by atoms with Crippen LogP contribution >= 0.6 is 0 Å². The van der Waals surface area contributed by atoms with E-state index in [4.69, 9.17) is 18.9 Å². The van der Waals surface area contributed by atoms with Gasteiger partial charge in [0, 0.05) is 24.0 Å². The summed E-state index contributed by atoms with van der Waals surface area (Å²) >= 11 is 0. The minimum absolute atomic E-state index is 0.0223. The highest BCUT2D eigenvalue weighted by Crippen LogP contribution is 2.57. The monoisotopic (exact) mass is 834 g/mol. The number of aryl methyl sites for hydroxylation is 2. The molecule has 2 aliphatic carbocycles. The van der Waals surface area contributed by atoms with Crippen LogP contribution in [0.15, 0.2) is 48.5 Å². The number of carbonyl (C=O) groups excluding carboxylic acids is 2. The van der Waals surface area contributed by atoms with Crippen molar-refractivity contribution in [2.45, 2.75) is 87.1 Å². The summed E-state index contributed by atoms with van der Waals surface area (Å²) in [6.07, 6.45) is -17.6. The molecular weight excluding hydrogens is 792 g/mol. The third kappa shape index (κ3) is 6.52. The van der Waals surface area contributed by atoms with Crippen molar-refractivity contribution in [3.63, 3.8) is 0 Å². The van der Waals surface area contributed by atoms with Crippen LogP contribution in [-0.2, 0) is 9.47 Å². The van der Waals surface area contributed by atoms with Crippen LogP contribution in [-0.4, -0.2) is 147 Å². The largest absolute Gasteiger partial charge is 0.508 e. The Morgan fingerprint density at radius 3 is 1.18 bits per heavy atom. The average molecular weight is 835 g/mol. The number of benzene rings is 4. The van der Waals surface area contributed by atoms with Crippen LogP contribution in [0, 0.1) is 13.8 Å². The second kappa shape index (κ2) is 15.3. The van der Waals surface area contributed by atoms with Gasteiger partial charge in [0.05, 0.1) is 35.5 Å². The van der Waals surface area contributed by atoms with E-state index in [-0.39, 0.29) is 44.5 Å². The molecule has 4 aliphatic rings. The molecule has 4 aromatic rings. The van der Waals surface area contributed by atoms with Crippen LogP contribution in [0.3, 0.4) is 0 Å². The van der Waals surface area contributed by atoms with Gasteiger partial charge in [-0.05, 0) is 71.5 Å². The normalized spacial score (nSPS) is 30.8. The first-order valence-electron chi connectivity index (χ1n) is 18.9. The Balaban J connectivity index is 1.37. The molecule has 2 aliphatic heterocycles. The number of ketones is 2.